The highest BCUT2D eigenvalue weighted by molar-refractivity contribution is 6.32. The minimum Gasteiger partial charge on any atom is -0.507 e. The summed E-state index contributed by atoms with van der Waals surface area (Å²) in [6, 6.07) is 7.01. The molecular weight excluding hydrogens is 490 g/mol. The highest BCUT2D eigenvalue weighted by Gasteiger charge is 2.36. The monoisotopic (exact) mass is 506 g/mol. The van der Waals surface area contributed by atoms with Crippen molar-refractivity contribution in [2.24, 2.45) is 12.8 Å². The zero-order valence-corrected chi connectivity index (χ0v) is 18.1. The summed E-state index contributed by atoms with van der Waals surface area (Å²) in [5, 5.41) is 13.5. The van der Waals surface area contributed by atoms with Gasteiger partial charge in [-0.15, -0.1) is 0 Å². The van der Waals surface area contributed by atoms with Gasteiger partial charge in [0.2, 0.25) is 0 Å². The Bertz CT molecular complexity index is 1220. The first-order chi connectivity index (χ1) is 15.7. The van der Waals surface area contributed by atoms with Gasteiger partial charge in [-0.2, -0.15) is 31.4 Å². The van der Waals surface area contributed by atoms with Crippen LogP contribution in [-0.2, 0) is 19.4 Å². The van der Waals surface area contributed by atoms with E-state index in [1.54, 1.807) is 0 Å². The number of nitrogens with two attached hydrogens (primary N) is 1. The molecule has 3 aromatic rings. The van der Waals surface area contributed by atoms with E-state index in [4.69, 9.17) is 17.3 Å². The number of phenolic OH excluding ortho intramolecular Hbond substituents is 1. The molecule has 0 saturated carbocycles. The van der Waals surface area contributed by atoms with Crippen molar-refractivity contribution in [2.75, 3.05) is 18.0 Å². The minimum atomic E-state index is -4.70. The quantitative estimate of drug-likeness (QED) is 0.472. The zero-order valence-electron chi connectivity index (χ0n) is 17.4. The van der Waals surface area contributed by atoms with Gasteiger partial charge in [0.1, 0.15) is 11.4 Å². The van der Waals surface area contributed by atoms with E-state index in [2.05, 4.69) is 5.10 Å². The van der Waals surface area contributed by atoms with Crippen LogP contribution >= 0.6 is 11.6 Å². The van der Waals surface area contributed by atoms with Crippen LogP contribution in [0.3, 0.4) is 0 Å². The van der Waals surface area contributed by atoms with Crippen molar-refractivity contribution < 1.29 is 36.2 Å². The van der Waals surface area contributed by atoms with E-state index in [-0.39, 0.29) is 35.6 Å². The molecule has 3 N–H and O–H groups in total. The average molecular weight is 507 g/mol. The van der Waals surface area contributed by atoms with Crippen LogP contribution < -0.4 is 10.6 Å². The van der Waals surface area contributed by atoms with Crippen molar-refractivity contribution in [1.82, 2.24) is 9.78 Å². The first-order valence-electron chi connectivity index (χ1n) is 9.57. The van der Waals surface area contributed by atoms with Crippen molar-refractivity contribution in [3.05, 3.63) is 64.3 Å². The lowest BCUT2D eigenvalue weighted by molar-refractivity contribution is -0.143. The normalized spacial score (nSPS) is 12.1. The lowest BCUT2D eigenvalue weighted by atomic mass is 10.1. The third kappa shape index (κ3) is 5.12. The molecule has 0 atom stereocenters. The first kappa shape index (κ1) is 25.4. The number of nitrogens with zero attached hydrogens (tertiary/aromatic N) is 3. The van der Waals surface area contributed by atoms with E-state index < -0.39 is 40.3 Å². The number of rotatable bonds is 5. The Balaban J connectivity index is 1.96. The van der Waals surface area contributed by atoms with Gasteiger partial charge in [0.15, 0.2) is 0 Å². The number of aromatic hydroxyl groups is 1. The maximum Gasteiger partial charge on any atom is 0.433 e. The fourth-order valence-corrected chi connectivity index (χ4v) is 3.57. The molecule has 3 rings (SSSR count). The Morgan fingerprint density at radius 3 is 2.26 bits per heavy atom. The fraction of sp³-hybridized carbons (Fsp3) is 0.238. The Morgan fingerprint density at radius 2 is 1.76 bits per heavy atom. The molecule has 2 aromatic carbocycles. The molecule has 0 radical (unpaired) electrons. The predicted molar refractivity (Wildman–Crippen MR) is 112 cm³/mol. The number of carbonyl (C=O) groups is 1. The number of anilines is 1. The standard InChI is InChI=1S/C21H17ClF6N4O2/c1-31-18(21(26,27)28)10-16(30-31)13-4-3-12(9-17(13)33)32(7-6-29)19(34)11-2-5-14(15(22)8-11)20(23,24)25/h2-5,8-10,33H,6-7,29H2,1H3. The zero-order chi connectivity index (χ0) is 25.4. The summed E-state index contributed by atoms with van der Waals surface area (Å²) >= 11 is 5.70. The molecule has 1 heterocycles. The minimum absolute atomic E-state index is 0.0208. The summed E-state index contributed by atoms with van der Waals surface area (Å²) in [4.78, 5) is 14.1. The molecule has 0 fully saturated rings. The highest BCUT2D eigenvalue weighted by Crippen LogP contribution is 2.37. The van der Waals surface area contributed by atoms with Gasteiger partial charge in [0.25, 0.3) is 5.91 Å². The molecule has 1 amide bonds. The van der Waals surface area contributed by atoms with Gasteiger partial charge >= 0.3 is 12.4 Å². The molecule has 0 bridgehead atoms. The van der Waals surface area contributed by atoms with Crippen LogP contribution in [-0.4, -0.2) is 33.9 Å². The molecule has 0 unspecified atom stereocenters. The lowest BCUT2D eigenvalue weighted by Gasteiger charge is -2.23. The third-order valence-corrected chi connectivity index (χ3v) is 5.17. The van der Waals surface area contributed by atoms with Crippen LogP contribution in [0.15, 0.2) is 42.5 Å². The lowest BCUT2D eigenvalue weighted by Crippen LogP contribution is -2.35. The number of aryl methyl sites for hydroxylation is 1. The topological polar surface area (TPSA) is 84.4 Å². The molecule has 0 saturated heterocycles. The highest BCUT2D eigenvalue weighted by atomic mass is 35.5. The van der Waals surface area contributed by atoms with Crippen LogP contribution in [0.2, 0.25) is 5.02 Å². The second-order valence-corrected chi connectivity index (χ2v) is 7.58. The number of alkyl halides is 6. The Morgan fingerprint density at radius 1 is 1.09 bits per heavy atom. The molecular formula is C21H17ClF6N4O2. The number of hydrogen-bond acceptors (Lipinski definition) is 4. The largest absolute Gasteiger partial charge is 0.507 e. The van der Waals surface area contributed by atoms with E-state index in [1.165, 1.54) is 12.1 Å². The smallest absolute Gasteiger partial charge is 0.433 e. The van der Waals surface area contributed by atoms with Crippen molar-refractivity contribution >= 4 is 23.2 Å². The van der Waals surface area contributed by atoms with Crippen molar-refractivity contribution in [1.29, 1.82) is 0 Å². The number of halogens is 7. The van der Waals surface area contributed by atoms with Gasteiger partial charge in [-0.25, -0.2) is 0 Å². The number of carbonyl (C=O) groups excluding carboxylic acids is 1. The molecule has 182 valence electrons. The van der Waals surface area contributed by atoms with E-state index in [0.717, 1.165) is 36.2 Å². The Kier molecular flexibility index (Phi) is 6.85. The van der Waals surface area contributed by atoms with Crippen molar-refractivity contribution in [2.45, 2.75) is 12.4 Å². The van der Waals surface area contributed by atoms with Gasteiger partial charge in [0, 0.05) is 43.0 Å². The third-order valence-electron chi connectivity index (χ3n) is 4.86. The van der Waals surface area contributed by atoms with E-state index in [1.807, 2.05) is 0 Å². The van der Waals surface area contributed by atoms with Crippen LogP contribution in [0.25, 0.3) is 11.3 Å². The molecule has 0 spiro atoms. The number of phenols is 1. The molecule has 13 heteroatoms. The summed E-state index contributed by atoms with van der Waals surface area (Å²) in [7, 11) is 1.11. The average Bonchev–Trinajstić information content (AvgIpc) is 3.12. The number of amides is 1. The van der Waals surface area contributed by atoms with Gasteiger partial charge in [-0.05, 0) is 36.4 Å². The summed E-state index contributed by atoms with van der Waals surface area (Å²) < 4.78 is 78.6. The molecule has 0 aliphatic rings. The first-order valence-corrected chi connectivity index (χ1v) is 9.95. The summed E-state index contributed by atoms with van der Waals surface area (Å²) in [5.74, 6) is -1.21. The molecule has 0 aliphatic heterocycles. The number of aromatic nitrogens is 2. The second-order valence-electron chi connectivity index (χ2n) is 7.18. The SMILES string of the molecule is Cn1nc(-c2ccc(N(CCN)C(=O)c3ccc(C(F)(F)F)c(Cl)c3)cc2O)cc1C(F)(F)F. The maximum atomic E-state index is 13.1. The molecule has 6 nitrogen and oxygen atoms in total. The summed E-state index contributed by atoms with van der Waals surface area (Å²) in [6.45, 7) is -0.101. The number of hydrogen-bond donors (Lipinski definition) is 2. The van der Waals surface area contributed by atoms with Crippen molar-refractivity contribution in [3.63, 3.8) is 0 Å². The molecule has 0 aliphatic carbocycles. The van der Waals surface area contributed by atoms with Gasteiger partial charge < -0.3 is 15.7 Å². The van der Waals surface area contributed by atoms with Gasteiger partial charge in [-0.1, -0.05) is 11.6 Å². The van der Waals surface area contributed by atoms with Crippen LogP contribution in [0.1, 0.15) is 21.6 Å². The van der Waals surface area contributed by atoms with E-state index in [9.17, 15) is 36.2 Å². The maximum absolute atomic E-state index is 13.1. The Hall–Kier alpha value is -3.25. The van der Waals surface area contributed by atoms with Crippen LogP contribution in [0.4, 0.5) is 32.0 Å². The summed E-state index contributed by atoms with van der Waals surface area (Å²) in [5.41, 5.74) is 3.22. The fourth-order valence-electron chi connectivity index (χ4n) is 3.28. The van der Waals surface area contributed by atoms with Crippen LogP contribution in [0, 0.1) is 0 Å². The number of benzene rings is 2. The predicted octanol–water partition coefficient (Wildman–Crippen LogP) is 5.09. The molecule has 34 heavy (non-hydrogen) atoms. The van der Waals surface area contributed by atoms with Gasteiger partial charge in [-0.3, -0.25) is 9.48 Å². The second kappa shape index (κ2) is 9.18. The van der Waals surface area contributed by atoms with Crippen LogP contribution in [0.5, 0.6) is 5.75 Å². The van der Waals surface area contributed by atoms with E-state index >= 15 is 0 Å². The van der Waals surface area contributed by atoms with Crippen molar-refractivity contribution in [3.8, 4) is 17.0 Å². The Labute approximate surface area is 194 Å². The van der Waals surface area contributed by atoms with E-state index in [0.29, 0.717) is 10.7 Å². The van der Waals surface area contributed by atoms with Gasteiger partial charge in [0.05, 0.1) is 16.3 Å². The summed E-state index contributed by atoms with van der Waals surface area (Å²) in [6.07, 6.45) is -9.35. The molecule has 1 aromatic heterocycles.